The summed E-state index contributed by atoms with van der Waals surface area (Å²) in [5, 5.41) is 6.03. The predicted molar refractivity (Wildman–Crippen MR) is 84.0 cm³/mol. The predicted octanol–water partition coefficient (Wildman–Crippen LogP) is 3.26. The summed E-state index contributed by atoms with van der Waals surface area (Å²) in [6.45, 7) is 2.21. The third-order valence-electron chi connectivity index (χ3n) is 4.89. The number of carbonyl (C=O) groups excluding carboxylic acids is 1. The second-order valence-electron chi connectivity index (χ2n) is 6.76. The number of anilines is 1. The molecule has 1 unspecified atom stereocenters. The number of amides is 1. The average Bonchev–Trinajstić information content (AvgIpc) is 3.20. The van der Waals surface area contributed by atoms with E-state index in [1.807, 2.05) is 0 Å². The number of rotatable bonds is 4. The maximum absolute atomic E-state index is 12.5. The molecule has 1 atom stereocenters. The standard InChI is InChI=1S/C17H21F3N2O2/c1-11-2-3-13(14(8-11)24-10-17(18,19)20)22-15(23)12-9-16(12)4-6-21-7-5-16/h2-3,8,12,21H,4-7,9-10H2,1H3,(H,22,23). The molecule has 2 N–H and O–H groups in total. The fraction of sp³-hybridized carbons (Fsp3) is 0.588. The van der Waals surface area contributed by atoms with E-state index in [9.17, 15) is 18.0 Å². The zero-order valence-electron chi connectivity index (χ0n) is 13.5. The van der Waals surface area contributed by atoms with E-state index in [4.69, 9.17) is 4.74 Å². The molecule has 1 spiro atoms. The van der Waals surface area contributed by atoms with Gasteiger partial charge in [0.2, 0.25) is 5.91 Å². The Balaban J connectivity index is 1.67. The van der Waals surface area contributed by atoms with Gasteiger partial charge in [-0.15, -0.1) is 0 Å². The summed E-state index contributed by atoms with van der Waals surface area (Å²) in [7, 11) is 0. The van der Waals surface area contributed by atoms with E-state index in [-0.39, 0.29) is 23.0 Å². The lowest BCUT2D eigenvalue weighted by molar-refractivity contribution is -0.153. The molecule has 3 rings (SSSR count). The van der Waals surface area contributed by atoms with Crippen LogP contribution in [0.15, 0.2) is 18.2 Å². The van der Waals surface area contributed by atoms with Gasteiger partial charge in [-0.2, -0.15) is 13.2 Å². The number of hydrogen-bond donors (Lipinski definition) is 2. The molecular weight excluding hydrogens is 321 g/mol. The van der Waals surface area contributed by atoms with Crippen LogP contribution in [0.4, 0.5) is 18.9 Å². The molecule has 0 bridgehead atoms. The van der Waals surface area contributed by atoms with Crippen molar-refractivity contribution in [2.45, 2.75) is 32.4 Å². The summed E-state index contributed by atoms with van der Waals surface area (Å²) in [6, 6.07) is 4.84. The summed E-state index contributed by atoms with van der Waals surface area (Å²) in [6.07, 6.45) is -1.63. The average molecular weight is 342 g/mol. The zero-order chi connectivity index (χ0) is 17.4. The van der Waals surface area contributed by atoms with Gasteiger partial charge in [0.05, 0.1) is 5.69 Å². The highest BCUT2D eigenvalue weighted by Crippen LogP contribution is 2.58. The highest BCUT2D eigenvalue weighted by atomic mass is 19.4. The highest BCUT2D eigenvalue weighted by Gasteiger charge is 2.57. The number of ether oxygens (including phenoxy) is 1. The van der Waals surface area contributed by atoms with Crippen LogP contribution < -0.4 is 15.4 Å². The number of alkyl halides is 3. The van der Waals surface area contributed by atoms with E-state index in [0.717, 1.165) is 37.9 Å². The number of aryl methyl sites for hydroxylation is 1. The third-order valence-corrected chi connectivity index (χ3v) is 4.89. The maximum atomic E-state index is 12.5. The molecule has 2 fully saturated rings. The van der Waals surface area contributed by atoms with Gasteiger partial charge in [0.25, 0.3) is 0 Å². The fourth-order valence-electron chi connectivity index (χ4n) is 3.43. The Morgan fingerprint density at radius 3 is 2.75 bits per heavy atom. The Labute approximate surface area is 138 Å². The van der Waals surface area contributed by atoms with Crippen molar-refractivity contribution < 1.29 is 22.7 Å². The molecule has 0 aromatic heterocycles. The van der Waals surface area contributed by atoms with Crippen molar-refractivity contribution in [2.75, 3.05) is 25.0 Å². The van der Waals surface area contributed by atoms with Gasteiger partial charge in [-0.05, 0) is 62.4 Å². The van der Waals surface area contributed by atoms with Gasteiger partial charge in [-0.25, -0.2) is 0 Å². The summed E-state index contributed by atoms with van der Waals surface area (Å²) < 4.78 is 42.1. The zero-order valence-corrected chi connectivity index (χ0v) is 13.5. The Morgan fingerprint density at radius 1 is 1.38 bits per heavy atom. The molecular formula is C17H21F3N2O2. The van der Waals surface area contributed by atoms with Gasteiger partial charge in [-0.3, -0.25) is 4.79 Å². The van der Waals surface area contributed by atoms with Crippen molar-refractivity contribution >= 4 is 11.6 Å². The van der Waals surface area contributed by atoms with Crippen LogP contribution in [-0.2, 0) is 4.79 Å². The number of nitrogens with one attached hydrogen (secondary N) is 2. The van der Waals surface area contributed by atoms with Crippen molar-refractivity contribution in [3.05, 3.63) is 23.8 Å². The maximum Gasteiger partial charge on any atom is 0.422 e. The van der Waals surface area contributed by atoms with Crippen LogP contribution in [0.3, 0.4) is 0 Å². The monoisotopic (exact) mass is 342 g/mol. The Hall–Kier alpha value is -1.76. The Morgan fingerprint density at radius 2 is 2.08 bits per heavy atom. The van der Waals surface area contributed by atoms with Crippen molar-refractivity contribution in [2.24, 2.45) is 11.3 Å². The van der Waals surface area contributed by atoms with Crippen LogP contribution in [0.2, 0.25) is 0 Å². The quantitative estimate of drug-likeness (QED) is 0.883. The number of benzene rings is 1. The molecule has 24 heavy (non-hydrogen) atoms. The number of carbonyl (C=O) groups is 1. The van der Waals surface area contributed by atoms with Gasteiger partial charge < -0.3 is 15.4 Å². The first-order valence-electron chi connectivity index (χ1n) is 8.11. The fourth-order valence-corrected chi connectivity index (χ4v) is 3.43. The highest BCUT2D eigenvalue weighted by molar-refractivity contribution is 5.96. The molecule has 1 aliphatic heterocycles. The third kappa shape index (κ3) is 3.83. The normalized spacial score (nSPS) is 22.2. The number of hydrogen-bond acceptors (Lipinski definition) is 3. The van der Waals surface area contributed by atoms with Crippen molar-refractivity contribution in [3.63, 3.8) is 0 Å². The first-order valence-corrected chi connectivity index (χ1v) is 8.11. The van der Waals surface area contributed by atoms with Crippen molar-refractivity contribution in [1.29, 1.82) is 0 Å². The lowest BCUT2D eigenvalue weighted by Gasteiger charge is -2.23. The minimum atomic E-state index is -4.42. The number of halogens is 3. The molecule has 2 aliphatic rings. The van der Waals surface area contributed by atoms with Gasteiger partial charge in [0.15, 0.2) is 6.61 Å². The summed E-state index contributed by atoms with van der Waals surface area (Å²) in [4.78, 5) is 12.5. The van der Waals surface area contributed by atoms with Gasteiger partial charge >= 0.3 is 6.18 Å². The summed E-state index contributed by atoms with van der Waals surface area (Å²) >= 11 is 0. The van der Waals surface area contributed by atoms with Crippen LogP contribution in [-0.4, -0.2) is 31.8 Å². The molecule has 1 aromatic carbocycles. The van der Waals surface area contributed by atoms with Crippen LogP contribution >= 0.6 is 0 Å². The van der Waals surface area contributed by atoms with Gasteiger partial charge in [-0.1, -0.05) is 6.07 Å². The van der Waals surface area contributed by atoms with E-state index in [1.165, 1.54) is 6.07 Å². The van der Waals surface area contributed by atoms with E-state index >= 15 is 0 Å². The first kappa shape index (κ1) is 17.1. The van der Waals surface area contributed by atoms with Crippen molar-refractivity contribution in [1.82, 2.24) is 5.32 Å². The van der Waals surface area contributed by atoms with E-state index in [2.05, 4.69) is 10.6 Å². The lowest BCUT2D eigenvalue weighted by atomic mass is 9.92. The molecule has 1 aliphatic carbocycles. The minimum absolute atomic E-state index is 0.0562. The molecule has 7 heteroatoms. The van der Waals surface area contributed by atoms with Crippen LogP contribution in [0.25, 0.3) is 0 Å². The second-order valence-corrected chi connectivity index (χ2v) is 6.76. The molecule has 0 radical (unpaired) electrons. The summed E-state index contributed by atoms with van der Waals surface area (Å²) in [5.74, 6) is -0.130. The molecule has 1 saturated heterocycles. The molecule has 1 heterocycles. The summed E-state index contributed by atoms with van der Waals surface area (Å²) in [5.41, 5.74) is 1.14. The molecule has 1 aromatic rings. The molecule has 4 nitrogen and oxygen atoms in total. The van der Waals surface area contributed by atoms with Gasteiger partial charge in [0, 0.05) is 5.92 Å². The second kappa shape index (κ2) is 6.27. The van der Waals surface area contributed by atoms with Crippen LogP contribution in [0, 0.1) is 18.3 Å². The number of piperidine rings is 1. The topological polar surface area (TPSA) is 50.4 Å². The van der Waals surface area contributed by atoms with E-state index in [1.54, 1.807) is 19.1 Å². The van der Waals surface area contributed by atoms with E-state index < -0.39 is 12.8 Å². The Kier molecular flexibility index (Phi) is 4.46. The van der Waals surface area contributed by atoms with E-state index in [0.29, 0.717) is 5.69 Å². The Bertz CT molecular complexity index is 625. The molecule has 132 valence electrons. The lowest BCUT2D eigenvalue weighted by Crippen LogP contribution is -2.31. The largest absolute Gasteiger partial charge is 0.482 e. The smallest absolute Gasteiger partial charge is 0.422 e. The minimum Gasteiger partial charge on any atom is -0.482 e. The first-order chi connectivity index (χ1) is 11.3. The molecule has 1 saturated carbocycles. The van der Waals surface area contributed by atoms with Crippen molar-refractivity contribution in [3.8, 4) is 5.75 Å². The molecule has 1 amide bonds. The van der Waals surface area contributed by atoms with Crippen LogP contribution in [0.1, 0.15) is 24.8 Å². The van der Waals surface area contributed by atoms with Gasteiger partial charge in [0.1, 0.15) is 5.75 Å². The SMILES string of the molecule is Cc1ccc(NC(=O)C2CC23CCNCC3)c(OCC(F)(F)F)c1. The van der Waals surface area contributed by atoms with Crippen LogP contribution in [0.5, 0.6) is 5.75 Å².